The van der Waals surface area contributed by atoms with E-state index in [1.54, 1.807) is 0 Å². The SMILES string of the molecule is CCCc1cc(N2CCCC2CO)nc(Nc2cc(Cl)ccc2C)n1. The van der Waals surface area contributed by atoms with Gasteiger partial charge in [-0.05, 0) is 43.9 Å². The predicted molar refractivity (Wildman–Crippen MR) is 103 cm³/mol. The fourth-order valence-electron chi connectivity index (χ4n) is 3.25. The Morgan fingerprint density at radius 2 is 2.16 bits per heavy atom. The fraction of sp³-hybridized carbons (Fsp3) is 0.474. The number of anilines is 3. The average molecular weight is 361 g/mol. The van der Waals surface area contributed by atoms with Gasteiger partial charge in [-0.25, -0.2) is 4.98 Å². The average Bonchev–Trinajstić information content (AvgIpc) is 3.07. The smallest absolute Gasteiger partial charge is 0.229 e. The Morgan fingerprint density at radius 1 is 1.32 bits per heavy atom. The lowest BCUT2D eigenvalue weighted by Crippen LogP contribution is -2.33. The summed E-state index contributed by atoms with van der Waals surface area (Å²) in [7, 11) is 0. The van der Waals surface area contributed by atoms with Crippen LogP contribution in [0.5, 0.6) is 0 Å². The van der Waals surface area contributed by atoms with E-state index in [2.05, 4.69) is 22.1 Å². The summed E-state index contributed by atoms with van der Waals surface area (Å²) in [5.41, 5.74) is 3.01. The second kappa shape index (κ2) is 8.02. The van der Waals surface area contributed by atoms with Crippen LogP contribution < -0.4 is 10.2 Å². The maximum atomic E-state index is 9.63. The van der Waals surface area contributed by atoms with Gasteiger partial charge in [-0.2, -0.15) is 4.98 Å². The molecule has 0 saturated carbocycles. The van der Waals surface area contributed by atoms with E-state index in [0.29, 0.717) is 11.0 Å². The van der Waals surface area contributed by atoms with Crippen LogP contribution in [0.4, 0.5) is 17.5 Å². The van der Waals surface area contributed by atoms with Gasteiger partial charge in [0.15, 0.2) is 0 Å². The molecule has 0 amide bonds. The lowest BCUT2D eigenvalue weighted by Gasteiger charge is -2.25. The highest BCUT2D eigenvalue weighted by Gasteiger charge is 2.25. The first kappa shape index (κ1) is 18.0. The molecule has 1 aliphatic rings. The Morgan fingerprint density at radius 3 is 2.92 bits per heavy atom. The highest BCUT2D eigenvalue weighted by Crippen LogP contribution is 2.28. The molecule has 5 nitrogen and oxygen atoms in total. The minimum Gasteiger partial charge on any atom is -0.394 e. The molecule has 2 aromatic rings. The first-order valence-electron chi connectivity index (χ1n) is 8.89. The van der Waals surface area contributed by atoms with Crippen LogP contribution in [-0.2, 0) is 6.42 Å². The molecule has 1 aromatic heterocycles. The molecule has 3 rings (SSSR count). The first-order valence-corrected chi connectivity index (χ1v) is 9.27. The number of aryl methyl sites for hydroxylation is 2. The van der Waals surface area contributed by atoms with Crippen molar-refractivity contribution in [2.75, 3.05) is 23.4 Å². The zero-order chi connectivity index (χ0) is 17.8. The summed E-state index contributed by atoms with van der Waals surface area (Å²) in [5.74, 6) is 1.46. The number of hydrogen-bond donors (Lipinski definition) is 2. The summed E-state index contributed by atoms with van der Waals surface area (Å²) in [6.07, 6.45) is 4.00. The molecule has 1 fully saturated rings. The van der Waals surface area contributed by atoms with Gasteiger partial charge in [0.05, 0.1) is 12.6 Å². The summed E-state index contributed by atoms with van der Waals surface area (Å²) in [6, 6.07) is 7.93. The largest absolute Gasteiger partial charge is 0.394 e. The van der Waals surface area contributed by atoms with Crippen molar-refractivity contribution in [1.29, 1.82) is 0 Å². The lowest BCUT2D eigenvalue weighted by molar-refractivity contribution is 0.266. The van der Waals surface area contributed by atoms with Crippen molar-refractivity contribution >= 4 is 29.1 Å². The molecule has 0 bridgehead atoms. The van der Waals surface area contributed by atoms with Crippen molar-refractivity contribution in [3.63, 3.8) is 0 Å². The lowest BCUT2D eigenvalue weighted by atomic mass is 10.2. The number of hydrogen-bond acceptors (Lipinski definition) is 5. The van der Waals surface area contributed by atoms with Gasteiger partial charge in [0, 0.05) is 29.0 Å². The van der Waals surface area contributed by atoms with Gasteiger partial charge in [0.1, 0.15) is 5.82 Å². The van der Waals surface area contributed by atoms with E-state index in [4.69, 9.17) is 16.6 Å². The van der Waals surface area contributed by atoms with E-state index >= 15 is 0 Å². The number of aliphatic hydroxyl groups is 1. The highest BCUT2D eigenvalue weighted by atomic mass is 35.5. The van der Waals surface area contributed by atoms with E-state index < -0.39 is 0 Å². The molecular formula is C19H25ClN4O. The van der Waals surface area contributed by atoms with Crippen LogP contribution in [0.15, 0.2) is 24.3 Å². The third kappa shape index (κ3) is 4.22. The monoisotopic (exact) mass is 360 g/mol. The normalized spacial score (nSPS) is 17.1. The fourth-order valence-corrected chi connectivity index (χ4v) is 3.42. The van der Waals surface area contributed by atoms with Gasteiger partial charge in [-0.3, -0.25) is 0 Å². The van der Waals surface area contributed by atoms with Crippen molar-refractivity contribution < 1.29 is 5.11 Å². The zero-order valence-corrected chi connectivity index (χ0v) is 15.6. The Bertz CT molecular complexity index is 737. The molecule has 1 unspecified atom stereocenters. The summed E-state index contributed by atoms with van der Waals surface area (Å²) < 4.78 is 0. The van der Waals surface area contributed by atoms with E-state index in [-0.39, 0.29) is 12.6 Å². The number of nitrogens with zero attached hydrogens (tertiary/aromatic N) is 3. The predicted octanol–water partition coefficient (Wildman–Crippen LogP) is 4.10. The third-order valence-corrected chi connectivity index (χ3v) is 4.84. The molecule has 1 saturated heterocycles. The van der Waals surface area contributed by atoms with Gasteiger partial charge >= 0.3 is 0 Å². The zero-order valence-electron chi connectivity index (χ0n) is 14.8. The first-order chi connectivity index (χ1) is 12.1. The number of benzene rings is 1. The number of halogens is 1. The standard InChI is InChI=1S/C19H25ClN4O/c1-3-5-15-11-18(24-9-4-6-16(24)12-25)23-19(21-15)22-17-10-14(20)8-7-13(17)2/h7-8,10-11,16,25H,3-6,9,12H2,1-2H3,(H,21,22,23). The topological polar surface area (TPSA) is 61.3 Å². The van der Waals surface area contributed by atoms with Gasteiger partial charge in [-0.1, -0.05) is 31.0 Å². The van der Waals surface area contributed by atoms with Crippen LogP contribution >= 0.6 is 11.6 Å². The number of rotatable bonds is 6. The van der Waals surface area contributed by atoms with Crippen LogP contribution in [0, 0.1) is 6.92 Å². The van der Waals surface area contributed by atoms with E-state index in [9.17, 15) is 5.11 Å². The van der Waals surface area contributed by atoms with E-state index in [1.807, 2.05) is 31.2 Å². The molecule has 1 aliphatic heterocycles. The van der Waals surface area contributed by atoms with E-state index in [1.165, 1.54) is 0 Å². The minimum atomic E-state index is 0.144. The summed E-state index contributed by atoms with van der Waals surface area (Å²) >= 11 is 6.12. The van der Waals surface area contributed by atoms with Crippen molar-refractivity contribution in [2.45, 2.75) is 45.6 Å². The Kier molecular flexibility index (Phi) is 5.76. The molecule has 1 atom stereocenters. The van der Waals surface area contributed by atoms with Gasteiger partial charge in [-0.15, -0.1) is 0 Å². The van der Waals surface area contributed by atoms with Crippen LogP contribution in [0.1, 0.15) is 37.4 Å². The summed E-state index contributed by atoms with van der Waals surface area (Å²) in [6.45, 7) is 5.24. The Hall–Kier alpha value is -1.85. The molecule has 0 spiro atoms. The molecule has 134 valence electrons. The van der Waals surface area contributed by atoms with Crippen molar-refractivity contribution in [1.82, 2.24) is 9.97 Å². The molecule has 0 aliphatic carbocycles. The maximum Gasteiger partial charge on any atom is 0.229 e. The molecular weight excluding hydrogens is 336 g/mol. The molecule has 25 heavy (non-hydrogen) atoms. The third-order valence-electron chi connectivity index (χ3n) is 4.60. The molecule has 0 radical (unpaired) electrons. The Labute approximate surface area is 154 Å². The van der Waals surface area contributed by atoms with Crippen molar-refractivity contribution in [2.24, 2.45) is 0 Å². The second-order valence-electron chi connectivity index (χ2n) is 6.55. The maximum absolute atomic E-state index is 9.63. The number of aromatic nitrogens is 2. The van der Waals surface area contributed by atoms with Gasteiger partial charge in [0.2, 0.25) is 5.95 Å². The molecule has 1 aromatic carbocycles. The highest BCUT2D eigenvalue weighted by molar-refractivity contribution is 6.30. The van der Waals surface area contributed by atoms with Crippen LogP contribution in [0.2, 0.25) is 5.02 Å². The summed E-state index contributed by atoms with van der Waals surface area (Å²) in [4.78, 5) is 11.6. The van der Waals surface area contributed by atoms with Crippen LogP contribution in [0.3, 0.4) is 0 Å². The van der Waals surface area contributed by atoms with Gasteiger partial charge < -0.3 is 15.3 Å². The molecule has 6 heteroatoms. The summed E-state index contributed by atoms with van der Waals surface area (Å²) in [5, 5.41) is 13.6. The molecule has 2 heterocycles. The van der Waals surface area contributed by atoms with Crippen molar-refractivity contribution in [3.05, 3.63) is 40.5 Å². The number of aliphatic hydroxyl groups excluding tert-OH is 1. The van der Waals surface area contributed by atoms with E-state index in [0.717, 1.165) is 55.0 Å². The van der Waals surface area contributed by atoms with Crippen LogP contribution in [0.25, 0.3) is 0 Å². The van der Waals surface area contributed by atoms with Crippen LogP contribution in [-0.4, -0.2) is 34.3 Å². The minimum absolute atomic E-state index is 0.144. The Balaban J connectivity index is 1.94. The molecule has 2 N–H and O–H groups in total. The number of nitrogens with one attached hydrogen (secondary N) is 1. The van der Waals surface area contributed by atoms with Crippen molar-refractivity contribution in [3.8, 4) is 0 Å². The quantitative estimate of drug-likeness (QED) is 0.812. The second-order valence-corrected chi connectivity index (χ2v) is 6.98. The van der Waals surface area contributed by atoms with Gasteiger partial charge in [0.25, 0.3) is 0 Å².